The van der Waals surface area contributed by atoms with E-state index in [2.05, 4.69) is 15.4 Å². The van der Waals surface area contributed by atoms with Gasteiger partial charge in [-0.2, -0.15) is 8.78 Å². The Balaban J connectivity index is 1.96. The first-order valence-corrected chi connectivity index (χ1v) is 7.24. The molecule has 0 aromatic heterocycles. The fraction of sp³-hybridized carbons (Fsp3) is 0.400. The number of urea groups is 1. The van der Waals surface area contributed by atoms with E-state index < -0.39 is 36.5 Å². The second-order valence-corrected chi connectivity index (χ2v) is 5.46. The minimum Gasteiger partial charge on any atom is -0.435 e. The Morgan fingerprint density at radius 3 is 2.46 bits per heavy atom. The molecule has 0 aliphatic carbocycles. The van der Waals surface area contributed by atoms with Crippen LogP contribution >= 0.6 is 0 Å². The highest BCUT2D eigenvalue weighted by atomic mass is 19.3. The quantitative estimate of drug-likeness (QED) is 0.774. The Bertz CT molecular complexity index is 651. The summed E-state index contributed by atoms with van der Waals surface area (Å²) in [6.07, 6.45) is 0.404. The van der Waals surface area contributed by atoms with E-state index in [4.69, 9.17) is 0 Å². The van der Waals surface area contributed by atoms with Crippen LogP contribution in [0, 0.1) is 0 Å². The van der Waals surface area contributed by atoms with Crippen LogP contribution in [0.15, 0.2) is 24.3 Å². The Kier molecular flexibility index (Phi) is 5.01. The normalized spacial score (nSPS) is 20.3. The maximum atomic E-state index is 12.2. The lowest BCUT2D eigenvalue weighted by molar-refractivity contribution is -0.133. The molecule has 1 fully saturated rings. The van der Waals surface area contributed by atoms with E-state index in [-0.39, 0.29) is 5.75 Å². The second-order valence-electron chi connectivity index (χ2n) is 5.46. The fourth-order valence-electron chi connectivity index (χ4n) is 2.19. The molecule has 1 aromatic rings. The number of rotatable bonds is 6. The number of alkyl halides is 2. The molecule has 1 aliphatic heterocycles. The zero-order valence-corrected chi connectivity index (χ0v) is 13.1. The number of nitrogens with one attached hydrogen (secondary N) is 2. The molecule has 1 heterocycles. The van der Waals surface area contributed by atoms with Crippen molar-refractivity contribution in [2.75, 3.05) is 11.9 Å². The highest BCUT2D eigenvalue weighted by Gasteiger charge is 2.46. The van der Waals surface area contributed by atoms with Crippen LogP contribution in [0.5, 0.6) is 5.75 Å². The largest absolute Gasteiger partial charge is 0.435 e. The molecular weight excluding hydrogens is 324 g/mol. The number of ether oxygens (including phenoxy) is 1. The molecule has 1 atom stereocenters. The lowest BCUT2D eigenvalue weighted by Gasteiger charge is -2.19. The molecule has 1 aliphatic rings. The Morgan fingerprint density at radius 1 is 1.33 bits per heavy atom. The number of hydrogen-bond donors (Lipinski definition) is 2. The summed E-state index contributed by atoms with van der Waals surface area (Å²) in [5, 5.41) is 5.02. The molecule has 0 spiro atoms. The van der Waals surface area contributed by atoms with Crippen molar-refractivity contribution in [1.82, 2.24) is 10.2 Å². The van der Waals surface area contributed by atoms with Crippen LogP contribution in [-0.2, 0) is 9.59 Å². The molecule has 0 bridgehead atoms. The summed E-state index contributed by atoms with van der Waals surface area (Å²) in [5.74, 6) is -1.09. The van der Waals surface area contributed by atoms with Crippen molar-refractivity contribution in [3.05, 3.63) is 24.3 Å². The minimum atomic E-state index is -2.93. The third kappa shape index (κ3) is 3.79. The first-order valence-electron chi connectivity index (χ1n) is 7.24. The highest BCUT2D eigenvalue weighted by molar-refractivity contribution is 6.09. The summed E-state index contributed by atoms with van der Waals surface area (Å²) in [5.41, 5.74) is -0.682. The van der Waals surface area contributed by atoms with Crippen molar-refractivity contribution in [2.45, 2.75) is 32.4 Å². The van der Waals surface area contributed by atoms with Crippen LogP contribution in [0.4, 0.5) is 19.3 Å². The van der Waals surface area contributed by atoms with Crippen molar-refractivity contribution in [3.63, 3.8) is 0 Å². The SMILES string of the molecule is CC[C@]1(C)NC(=O)N(CC(=O)Nc2ccc(OC(F)F)cc2)C1=O. The number of benzene rings is 1. The third-order valence-corrected chi connectivity index (χ3v) is 3.72. The van der Waals surface area contributed by atoms with E-state index in [0.717, 1.165) is 4.90 Å². The average molecular weight is 341 g/mol. The molecule has 1 aromatic carbocycles. The zero-order valence-electron chi connectivity index (χ0n) is 13.1. The number of halogens is 2. The van der Waals surface area contributed by atoms with Crippen LogP contribution in [0.3, 0.4) is 0 Å². The van der Waals surface area contributed by atoms with Gasteiger partial charge in [0.25, 0.3) is 5.91 Å². The molecule has 24 heavy (non-hydrogen) atoms. The smallest absolute Gasteiger partial charge is 0.387 e. The van der Waals surface area contributed by atoms with Crippen molar-refractivity contribution in [1.29, 1.82) is 0 Å². The van der Waals surface area contributed by atoms with Crippen LogP contribution in [0.25, 0.3) is 0 Å². The maximum absolute atomic E-state index is 12.2. The predicted octanol–water partition coefficient (Wildman–Crippen LogP) is 1.95. The monoisotopic (exact) mass is 341 g/mol. The van der Waals surface area contributed by atoms with Crippen LogP contribution in [-0.4, -0.2) is 41.4 Å². The molecule has 7 nitrogen and oxygen atoms in total. The van der Waals surface area contributed by atoms with E-state index in [9.17, 15) is 23.2 Å². The summed E-state index contributed by atoms with van der Waals surface area (Å²) in [4.78, 5) is 36.8. The Hall–Kier alpha value is -2.71. The van der Waals surface area contributed by atoms with Gasteiger partial charge in [-0.05, 0) is 37.6 Å². The molecule has 0 unspecified atom stereocenters. The first kappa shape index (κ1) is 17.6. The van der Waals surface area contributed by atoms with Crippen molar-refractivity contribution < 1.29 is 27.9 Å². The van der Waals surface area contributed by atoms with Crippen molar-refractivity contribution >= 4 is 23.5 Å². The summed E-state index contributed by atoms with van der Waals surface area (Å²) in [6, 6.07) is 4.66. The first-order chi connectivity index (χ1) is 11.2. The average Bonchev–Trinajstić information content (AvgIpc) is 2.73. The molecule has 9 heteroatoms. The van der Waals surface area contributed by atoms with Crippen LogP contribution in [0.2, 0.25) is 0 Å². The van der Waals surface area contributed by atoms with E-state index >= 15 is 0 Å². The van der Waals surface area contributed by atoms with Gasteiger partial charge in [0.05, 0.1) is 0 Å². The predicted molar refractivity (Wildman–Crippen MR) is 80.6 cm³/mol. The molecule has 2 N–H and O–H groups in total. The molecule has 0 saturated carbocycles. The van der Waals surface area contributed by atoms with E-state index in [0.29, 0.717) is 12.1 Å². The zero-order chi connectivity index (χ0) is 17.9. The number of amides is 4. The number of anilines is 1. The second kappa shape index (κ2) is 6.81. The standard InChI is InChI=1S/C15H17F2N3O4/c1-3-15(2)12(22)20(14(23)19-15)8-11(21)18-9-4-6-10(7-5-9)24-13(16)17/h4-7,13H,3,8H2,1-2H3,(H,18,21)(H,19,23)/t15-/m0/s1. The van der Waals surface area contributed by atoms with Gasteiger partial charge in [0.15, 0.2) is 0 Å². The third-order valence-electron chi connectivity index (χ3n) is 3.72. The van der Waals surface area contributed by atoms with E-state index in [1.807, 2.05) is 0 Å². The van der Waals surface area contributed by atoms with Gasteiger partial charge in [-0.3, -0.25) is 14.5 Å². The van der Waals surface area contributed by atoms with Crippen molar-refractivity contribution in [3.8, 4) is 5.75 Å². The summed E-state index contributed by atoms with van der Waals surface area (Å²) in [7, 11) is 0. The maximum Gasteiger partial charge on any atom is 0.387 e. The summed E-state index contributed by atoms with van der Waals surface area (Å²) in [6.45, 7) is -0.0225. The summed E-state index contributed by atoms with van der Waals surface area (Å²) < 4.78 is 28.3. The Labute approximate surface area is 136 Å². The van der Waals surface area contributed by atoms with E-state index in [1.54, 1.807) is 13.8 Å². The van der Waals surface area contributed by atoms with Gasteiger partial charge in [-0.15, -0.1) is 0 Å². The van der Waals surface area contributed by atoms with Crippen LogP contribution < -0.4 is 15.4 Å². The van der Waals surface area contributed by atoms with Gasteiger partial charge >= 0.3 is 12.6 Å². The van der Waals surface area contributed by atoms with Gasteiger partial charge < -0.3 is 15.4 Å². The van der Waals surface area contributed by atoms with Gasteiger partial charge in [0.2, 0.25) is 5.91 Å². The van der Waals surface area contributed by atoms with Crippen molar-refractivity contribution in [2.24, 2.45) is 0 Å². The fourth-order valence-corrected chi connectivity index (χ4v) is 2.19. The van der Waals surface area contributed by atoms with Crippen LogP contribution in [0.1, 0.15) is 20.3 Å². The molecule has 2 rings (SSSR count). The molecule has 0 radical (unpaired) electrons. The number of carbonyl (C=O) groups excluding carboxylic acids is 3. The summed E-state index contributed by atoms with van der Waals surface area (Å²) >= 11 is 0. The molecular formula is C15H17F2N3O4. The van der Waals surface area contributed by atoms with E-state index in [1.165, 1.54) is 24.3 Å². The topological polar surface area (TPSA) is 87.7 Å². The molecule has 1 saturated heterocycles. The lowest BCUT2D eigenvalue weighted by Crippen LogP contribution is -2.44. The number of hydrogen-bond acceptors (Lipinski definition) is 4. The van der Waals surface area contributed by atoms with Gasteiger partial charge in [-0.1, -0.05) is 6.92 Å². The van der Waals surface area contributed by atoms with Gasteiger partial charge in [-0.25, -0.2) is 4.79 Å². The lowest BCUT2D eigenvalue weighted by atomic mass is 9.99. The van der Waals surface area contributed by atoms with Gasteiger partial charge in [0, 0.05) is 5.69 Å². The molecule has 4 amide bonds. The minimum absolute atomic E-state index is 0.0455. The number of imide groups is 1. The highest BCUT2D eigenvalue weighted by Crippen LogP contribution is 2.21. The number of carbonyl (C=O) groups is 3. The number of nitrogens with zero attached hydrogens (tertiary/aromatic N) is 1. The Morgan fingerprint density at radius 2 is 1.96 bits per heavy atom. The van der Waals surface area contributed by atoms with Gasteiger partial charge in [0.1, 0.15) is 17.8 Å². The molecule has 130 valence electrons.